The van der Waals surface area contributed by atoms with E-state index < -0.39 is 0 Å². The molecule has 0 atom stereocenters. The summed E-state index contributed by atoms with van der Waals surface area (Å²) in [7, 11) is 0. The number of aryl methyl sites for hydroxylation is 3. The normalized spacial score (nSPS) is 10.5. The van der Waals surface area contributed by atoms with Gasteiger partial charge in [0.2, 0.25) is 0 Å². The van der Waals surface area contributed by atoms with Gasteiger partial charge in [-0.15, -0.1) is 0 Å². The average molecular weight is 347 g/mol. The van der Waals surface area contributed by atoms with E-state index in [9.17, 15) is 4.79 Å². The first-order valence-corrected chi connectivity index (χ1v) is 8.55. The molecule has 4 heteroatoms. The molecule has 24 heavy (non-hydrogen) atoms. The van der Waals surface area contributed by atoms with Crippen LogP contribution >= 0.6 is 11.6 Å². The highest BCUT2D eigenvalue weighted by atomic mass is 35.5. The molecule has 2 aromatic rings. The molecule has 3 nitrogen and oxygen atoms in total. The molecular formula is C20H23ClO3. The van der Waals surface area contributed by atoms with Gasteiger partial charge in [-0.05, 0) is 55.2 Å². The van der Waals surface area contributed by atoms with Crippen molar-refractivity contribution in [3.05, 3.63) is 57.6 Å². The van der Waals surface area contributed by atoms with Crippen LogP contribution in [0.15, 0.2) is 30.3 Å². The topological polar surface area (TPSA) is 35.5 Å². The van der Waals surface area contributed by atoms with Crippen molar-refractivity contribution >= 4 is 17.6 Å². The fourth-order valence-corrected chi connectivity index (χ4v) is 2.68. The number of carbonyl (C=O) groups is 1. The van der Waals surface area contributed by atoms with E-state index in [0.29, 0.717) is 29.5 Å². The first kappa shape index (κ1) is 18.3. The van der Waals surface area contributed by atoms with Crippen molar-refractivity contribution in [2.45, 2.75) is 47.1 Å². The highest BCUT2D eigenvalue weighted by molar-refractivity contribution is 6.32. The Morgan fingerprint density at radius 3 is 2.46 bits per heavy atom. The molecule has 2 aromatic carbocycles. The summed E-state index contributed by atoms with van der Waals surface area (Å²) in [6.45, 7) is 8.18. The molecule has 0 radical (unpaired) electrons. The van der Waals surface area contributed by atoms with Crippen LogP contribution in [-0.2, 0) is 17.8 Å². The van der Waals surface area contributed by atoms with Gasteiger partial charge >= 0.3 is 5.97 Å². The largest absolute Gasteiger partial charge is 0.487 e. The number of hydrogen-bond acceptors (Lipinski definition) is 3. The number of carbonyl (C=O) groups excluding carboxylic acids is 1. The second kappa shape index (κ2) is 8.20. The Bertz CT molecular complexity index is 738. The summed E-state index contributed by atoms with van der Waals surface area (Å²) < 4.78 is 11.4. The van der Waals surface area contributed by atoms with Crippen molar-refractivity contribution in [1.29, 1.82) is 0 Å². The van der Waals surface area contributed by atoms with Crippen LogP contribution in [0, 0.1) is 13.8 Å². The first-order chi connectivity index (χ1) is 11.5. The van der Waals surface area contributed by atoms with Gasteiger partial charge < -0.3 is 9.47 Å². The van der Waals surface area contributed by atoms with Crippen molar-refractivity contribution < 1.29 is 14.3 Å². The lowest BCUT2D eigenvalue weighted by molar-refractivity contribution is -0.134. The van der Waals surface area contributed by atoms with Gasteiger partial charge in [0.15, 0.2) is 0 Å². The summed E-state index contributed by atoms with van der Waals surface area (Å²) in [6, 6.07) is 9.54. The minimum atomic E-state index is -0.256. The van der Waals surface area contributed by atoms with Gasteiger partial charge in [0.05, 0.1) is 5.02 Å². The summed E-state index contributed by atoms with van der Waals surface area (Å²) in [6.07, 6.45) is 1.16. The molecule has 0 aliphatic rings. The summed E-state index contributed by atoms with van der Waals surface area (Å²) in [5, 5.41) is 0.583. The first-order valence-electron chi connectivity index (χ1n) is 8.17. The van der Waals surface area contributed by atoms with Gasteiger partial charge in [0.25, 0.3) is 0 Å². The Balaban J connectivity index is 2.28. The third-order valence-electron chi connectivity index (χ3n) is 4.04. The predicted molar refractivity (Wildman–Crippen MR) is 97.0 cm³/mol. The highest BCUT2D eigenvalue weighted by Crippen LogP contribution is 2.31. The zero-order valence-electron chi connectivity index (χ0n) is 14.6. The molecule has 0 bridgehead atoms. The fraction of sp³-hybridized carbons (Fsp3) is 0.350. The molecule has 0 N–H and O–H groups in total. The standard InChI is InChI=1S/C20H23ClO3/c1-5-15-8-7-9-18(24-20(22)6-2)16(15)12-23-19-11-14(4)13(3)10-17(19)21/h7-11H,5-6,12H2,1-4H3. The second-order valence-electron chi connectivity index (χ2n) is 5.73. The molecule has 0 aliphatic carbocycles. The molecule has 0 saturated carbocycles. The van der Waals surface area contributed by atoms with Gasteiger partial charge in [-0.1, -0.05) is 37.6 Å². The van der Waals surface area contributed by atoms with E-state index in [1.807, 2.05) is 38.1 Å². The molecule has 0 heterocycles. The lowest BCUT2D eigenvalue weighted by Gasteiger charge is -2.16. The number of esters is 1. The monoisotopic (exact) mass is 346 g/mol. The maximum Gasteiger partial charge on any atom is 0.310 e. The van der Waals surface area contributed by atoms with Crippen LogP contribution in [0.25, 0.3) is 0 Å². The molecule has 0 fully saturated rings. The van der Waals surface area contributed by atoms with E-state index in [1.54, 1.807) is 13.0 Å². The van der Waals surface area contributed by atoms with Crippen LogP contribution in [-0.4, -0.2) is 5.97 Å². The highest BCUT2D eigenvalue weighted by Gasteiger charge is 2.13. The SMILES string of the molecule is CCC(=O)Oc1cccc(CC)c1COc1cc(C)c(C)cc1Cl. The summed E-state index contributed by atoms with van der Waals surface area (Å²) in [5.74, 6) is 0.938. The van der Waals surface area contributed by atoms with Gasteiger partial charge in [-0.2, -0.15) is 0 Å². The number of hydrogen-bond donors (Lipinski definition) is 0. The molecule has 0 unspecified atom stereocenters. The number of rotatable bonds is 6. The van der Waals surface area contributed by atoms with E-state index in [0.717, 1.165) is 28.7 Å². The maximum absolute atomic E-state index is 11.7. The number of benzene rings is 2. The minimum Gasteiger partial charge on any atom is -0.487 e. The van der Waals surface area contributed by atoms with Crippen molar-refractivity contribution in [2.75, 3.05) is 0 Å². The average Bonchev–Trinajstić information content (AvgIpc) is 2.57. The Kier molecular flexibility index (Phi) is 6.27. The lowest BCUT2D eigenvalue weighted by Crippen LogP contribution is -2.10. The third kappa shape index (κ3) is 4.30. The van der Waals surface area contributed by atoms with Gasteiger partial charge in [-0.25, -0.2) is 0 Å². The minimum absolute atomic E-state index is 0.256. The van der Waals surface area contributed by atoms with Crippen LogP contribution in [0.2, 0.25) is 5.02 Å². The van der Waals surface area contributed by atoms with Crippen LogP contribution < -0.4 is 9.47 Å². The van der Waals surface area contributed by atoms with Gasteiger partial charge in [0.1, 0.15) is 18.1 Å². The van der Waals surface area contributed by atoms with E-state index in [4.69, 9.17) is 21.1 Å². The van der Waals surface area contributed by atoms with Crippen molar-refractivity contribution in [1.82, 2.24) is 0 Å². The Morgan fingerprint density at radius 1 is 1.08 bits per heavy atom. The zero-order valence-corrected chi connectivity index (χ0v) is 15.4. The molecular weight excluding hydrogens is 324 g/mol. The predicted octanol–water partition coefficient (Wildman–Crippen LogP) is 5.41. The van der Waals surface area contributed by atoms with E-state index in [-0.39, 0.29) is 5.97 Å². The van der Waals surface area contributed by atoms with Crippen molar-refractivity contribution in [3.63, 3.8) is 0 Å². The van der Waals surface area contributed by atoms with Crippen LogP contribution in [0.3, 0.4) is 0 Å². The fourth-order valence-electron chi connectivity index (χ4n) is 2.41. The zero-order chi connectivity index (χ0) is 17.7. The van der Waals surface area contributed by atoms with Crippen molar-refractivity contribution in [3.8, 4) is 11.5 Å². The third-order valence-corrected chi connectivity index (χ3v) is 4.34. The summed E-state index contributed by atoms with van der Waals surface area (Å²) in [4.78, 5) is 11.7. The van der Waals surface area contributed by atoms with Crippen LogP contribution in [0.4, 0.5) is 0 Å². The van der Waals surface area contributed by atoms with Gasteiger partial charge in [-0.3, -0.25) is 4.79 Å². The smallest absolute Gasteiger partial charge is 0.310 e. The molecule has 0 spiro atoms. The van der Waals surface area contributed by atoms with E-state index >= 15 is 0 Å². The molecule has 0 saturated heterocycles. The Morgan fingerprint density at radius 2 is 1.79 bits per heavy atom. The van der Waals surface area contributed by atoms with E-state index in [1.165, 1.54) is 0 Å². The van der Waals surface area contributed by atoms with Crippen LogP contribution in [0.1, 0.15) is 42.5 Å². The van der Waals surface area contributed by atoms with Crippen LogP contribution in [0.5, 0.6) is 11.5 Å². The number of halogens is 1. The quantitative estimate of drug-likeness (QED) is 0.518. The second-order valence-corrected chi connectivity index (χ2v) is 6.14. The molecule has 2 rings (SSSR count). The van der Waals surface area contributed by atoms with E-state index in [2.05, 4.69) is 6.92 Å². The Labute approximate surface area is 148 Å². The summed E-state index contributed by atoms with van der Waals surface area (Å²) >= 11 is 6.28. The molecule has 0 amide bonds. The molecule has 128 valence electrons. The summed E-state index contributed by atoms with van der Waals surface area (Å²) in [5.41, 5.74) is 4.22. The molecule has 0 aliphatic heterocycles. The molecule has 0 aromatic heterocycles. The van der Waals surface area contributed by atoms with Crippen molar-refractivity contribution in [2.24, 2.45) is 0 Å². The Hall–Kier alpha value is -2.00. The lowest BCUT2D eigenvalue weighted by atomic mass is 10.0. The van der Waals surface area contributed by atoms with Gasteiger partial charge in [0, 0.05) is 12.0 Å². The maximum atomic E-state index is 11.7. The number of ether oxygens (including phenoxy) is 2.